The summed E-state index contributed by atoms with van der Waals surface area (Å²) in [4.78, 5) is 22.2. The molecule has 5 heteroatoms. The van der Waals surface area contributed by atoms with Crippen molar-refractivity contribution >= 4 is 11.8 Å². The average Bonchev–Trinajstić information content (AvgIpc) is 2.37. The van der Waals surface area contributed by atoms with E-state index in [2.05, 4.69) is 9.97 Å². The molecule has 0 aliphatic carbocycles. The Balaban J connectivity index is 2.35. The summed E-state index contributed by atoms with van der Waals surface area (Å²) in [6.45, 7) is 6.77. The zero-order valence-corrected chi connectivity index (χ0v) is 11.8. The number of aryl methyl sites for hydroxylation is 1. The van der Waals surface area contributed by atoms with Crippen molar-refractivity contribution in [3.8, 4) is 0 Å². The Bertz CT molecular complexity index is 474. The van der Waals surface area contributed by atoms with Gasteiger partial charge in [0.15, 0.2) is 0 Å². The van der Waals surface area contributed by atoms with Crippen LogP contribution in [-0.4, -0.2) is 33.6 Å². The fraction of sp³-hybridized carbons (Fsp3) is 0.643. The van der Waals surface area contributed by atoms with Crippen molar-refractivity contribution in [2.75, 3.05) is 11.4 Å². The highest BCUT2D eigenvalue weighted by molar-refractivity contribution is 5.78. The van der Waals surface area contributed by atoms with Gasteiger partial charge in [-0.2, -0.15) is 0 Å². The molecule has 1 saturated heterocycles. The average molecular weight is 263 g/mol. The monoisotopic (exact) mass is 263 g/mol. The van der Waals surface area contributed by atoms with E-state index in [1.807, 2.05) is 31.7 Å². The minimum Gasteiger partial charge on any atom is -0.480 e. The summed E-state index contributed by atoms with van der Waals surface area (Å²) in [5, 5.41) is 9.33. The number of aromatic nitrogens is 2. The molecule has 1 fully saturated rings. The molecule has 2 heterocycles. The minimum atomic E-state index is -0.762. The molecule has 1 aliphatic rings. The van der Waals surface area contributed by atoms with Crippen LogP contribution in [-0.2, 0) is 4.79 Å². The lowest BCUT2D eigenvalue weighted by molar-refractivity contribution is -0.139. The van der Waals surface area contributed by atoms with Gasteiger partial charge in [0.25, 0.3) is 0 Å². The van der Waals surface area contributed by atoms with Crippen LogP contribution in [0.5, 0.6) is 0 Å². The number of carboxylic acids is 1. The van der Waals surface area contributed by atoms with E-state index in [1.165, 1.54) is 0 Å². The van der Waals surface area contributed by atoms with Gasteiger partial charge < -0.3 is 10.0 Å². The zero-order valence-electron chi connectivity index (χ0n) is 11.8. The molecule has 19 heavy (non-hydrogen) atoms. The second-order valence-corrected chi connectivity index (χ2v) is 5.42. The molecule has 1 N–H and O–H groups in total. The molecule has 1 atom stereocenters. The predicted octanol–water partition coefficient (Wildman–Crippen LogP) is 2.35. The van der Waals surface area contributed by atoms with Gasteiger partial charge >= 0.3 is 5.97 Å². The minimum absolute atomic E-state index is 0.242. The number of nitrogens with zero attached hydrogens (tertiary/aromatic N) is 3. The van der Waals surface area contributed by atoms with E-state index in [9.17, 15) is 9.90 Å². The van der Waals surface area contributed by atoms with Crippen LogP contribution in [0, 0.1) is 6.92 Å². The molecule has 0 spiro atoms. The number of carboxylic acid groups (broad SMARTS) is 1. The van der Waals surface area contributed by atoms with Crippen LogP contribution in [0.3, 0.4) is 0 Å². The normalized spacial score (nSPS) is 19.8. The largest absolute Gasteiger partial charge is 0.480 e. The van der Waals surface area contributed by atoms with Gasteiger partial charge in [-0.25, -0.2) is 14.8 Å². The van der Waals surface area contributed by atoms with Crippen LogP contribution in [0.15, 0.2) is 6.07 Å². The van der Waals surface area contributed by atoms with Gasteiger partial charge in [0.2, 0.25) is 0 Å². The maximum Gasteiger partial charge on any atom is 0.326 e. The summed E-state index contributed by atoms with van der Waals surface area (Å²) in [6.07, 6.45) is 2.67. The van der Waals surface area contributed by atoms with Gasteiger partial charge in [0.1, 0.15) is 17.7 Å². The second kappa shape index (κ2) is 5.55. The molecule has 1 aromatic rings. The van der Waals surface area contributed by atoms with Gasteiger partial charge in [-0.15, -0.1) is 0 Å². The maximum absolute atomic E-state index is 11.4. The number of carbonyl (C=O) groups is 1. The Morgan fingerprint density at radius 2 is 2.16 bits per heavy atom. The van der Waals surface area contributed by atoms with E-state index in [-0.39, 0.29) is 5.92 Å². The molecule has 0 radical (unpaired) electrons. The first-order chi connectivity index (χ1) is 8.99. The number of anilines is 1. The highest BCUT2D eigenvalue weighted by Gasteiger charge is 2.29. The van der Waals surface area contributed by atoms with Crippen molar-refractivity contribution in [3.05, 3.63) is 17.6 Å². The number of hydrogen-bond acceptors (Lipinski definition) is 4. The topological polar surface area (TPSA) is 66.3 Å². The number of hydrogen-bond donors (Lipinski definition) is 1. The summed E-state index contributed by atoms with van der Waals surface area (Å²) in [5.74, 6) is 1.02. The first kappa shape index (κ1) is 13.8. The van der Waals surface area contributed by atoms with Gasteiger partial charge in [0, 0.05) is 24.2 Å². The molecule has 1 aromatic heterocycles. The molecular formula is C14H21N3O2. The van der Waals surface area contributed by atoms with Crippen LogP contribution >= 0.6 is 0 Å². The molecule has 104 valence electrons. The van der Waals surface area contributed by atoms with Crippen molar-refractivity contribution in [2.45, 2.75) is 52.0 Å². The van der Waals surface area contributed by atoms with Gasteiger partial charge in [-0.3, -0.25) is 0 Å². The summed E-state index contributed by atoms with van der Waals surface area (Å²) >= 11 is 0. The highest BCUT2D eigenvalue weighted by Crippen LogP contribution is 2.25. The smallest absolute Gasteiger partial charge is 0.326 e. The van der Waals surface area contributed by atoms with E-state index in [1.54, 1.807) is 0 Å². The quantitative estimate of drug-likeness (QED) is 0.906. The van der Waals surface area contributed by atoms with Crippen molar-refractivity contribution < 1.29 is 9.90 Å². The Hall–Kier alpha value is -1.65. The first-order valence-corrected chi connectivity index (χ1v) is 6.84. The maximum atomic E-state index is 11.4. The molecule has 1 unspecified atom stereocenters. The third-order valence-corrected chi connectivity index (χ3v) is 3.46. The summed E-state index contributed by atoms with van der Waals surface area (Å²) in [7, 11) is 0. The molecule has 2 rings (SSSR count). The number of rotatable bonds is 3. The van der Waals surface area contributed by atoms with Crippen molar-refractivity contribution in [3.63, 3.8) is 0 Å². The summed E-state index contributed by atoms with van der Waals surface area (Å²) in [6, 6.07) is 1.43. The molecule has 0 saturated carbocycles. The number of aliphatic carboxylic acids is 1. The molecule has 0 bridgehead atoms. The molecule has 0 amide bonds. The van der Waals surface area contributed by atoms with Crippen LogP contribution in [0.2, 0.25) is 0 Å². The lowest BCUT2D eigenvalue weighted by Gasteiger charge is -2.34. The molecule has 1 aliphatic heterocycles. The Morgan fingerprint density at radius 1 is 1.42 bits per heavy atom. The third kappa shape index (κ3) is 3.03. The Morgan fingerprint density at radius 3 is 2.79 bits per heavy atom. The van der Waals surface area contributed by atoms with E-state index < -0.39 is 12.0 Å². The van der Waals surface area contributed by atoms with Crippen LogP contribution in [0.4, 0.5) is 5.82 Å². The van der Waals surface area contributed by atoms with Crippen LogP contribution in [0.25, 0.3) is 0 Å². The van der Waals surface area contributed by atoms with E-state index in [0.717, 1.165) is 36.7 Å². The fourth-order valence-electron chi connectivity index (χ4n) is 2.44. The van der Waals surface area contributed by atoms with Crippen molar-refractivity contribution in [2.24, 2.45) is 0 Å². The van der Waals surface area contributed by atoms with E-state index in [0.29, 0.717) is 6.42 Å². The lowest BCUT2D eigenvalue weighted by Crippen LogP contribution is -2.45. The standard InChI is InChI=1S/C14H21N3O2/c1-9(2)13-15-10(3)8-12(16-13)17-7-5-4-6-11(17)14(18)19/h8-9,11H,4-7H2,1-3H3,(H,18,19). The predicted molar refractivity (Wildman–Crippen MR) is 73.5 cm³/mol. The molecule has 0 aromatic carbocycles. The zero-order chi connectivity index (χ0) is 14.0. The van der Waals surface area contributed by atoms with Gasteiger partial charge in [0.05, 0.1) is 0 Å². The van der Waals surface area contributed by atoms with Gasteiger partial charge in [-0.05, 0) is 26.2 Å². The first-order valence-electron chi connectivity index (χ1n) is 6.84. The van der Waals surface area contributed by atoms with Gasteiger partial charge in [-0.1, -0.05) is 13.8 Å². The van der Waals surface area contributed by atoms with Crippen LogP contribution < -0.4 is 4.90 Å². The SMILES string of the molecule is Cc1cc(N2CCCCC2C(=O)O)nc(C(C)C)n1. The van der Waals surface area contributed by atoms with E-state index in [4.69, 9.17) is 0 Å². The van der Waals surface area contributed by atoms with Crippen LogP contribution in [0.1, 0.15) is 50.5 Å². The van der Waals surface area contributed by atoms with Crippen molar-refractivity contribution in [1.29, 1.82) is 0 Å². The lowest BCUT2D eigenvalue weighted by atomic mass is 10.0. The molecule has 5 nitrogen and oxygen atoms in total. The van der Waals surface area contributed by atoms with E-state index >= 15 is 0 Å². The highest BCUT2D eigenvalue weighted by atomic mass is 16.4. The molecular weight excluding hydrogens is 242 g/mol. The fourth-order valence-corrected chi connectivity index (χ4v) is 2.44. The summed E-state index contributed by atoms with van der Waals surface area (Å²) in [5.41, 5.74) is 0.892. The summed E-state index contributed by atoms with van der Waals surface area (Å²) < 4.78 is 0. The third-order valence-electron chi connectivity index (χ3n) is 3.46. The second-order valence-electron chi connectivity index (χ2n) is 5.42. The van der Waals surface area contributed by atoms with Crippen molar-refractivity contribution in [1.82, 2.24) is 9.97 Å². The number of piperidine rings is 1. The Kier molecular flexibility index (Phi) is 4.02. The Labute approximate surface area is 113 Å².